The van der Waals surface area contributed by atoms with Crippen molar-refractivity contribution in [2.24, 2.45) is 0 Å². The van der Waals surface area contributed by atoms with Gasteiger partial charge in [0.2, 0.25) is 5.78 Å². The first-order valence-electron chi connectivity index (χ1n) is 5.99. The minimum Gasteiger partial charge on any atom is -0.288 e. The van der Waals surface area contributed by atoms with E-state index in [1.807, 2.05) is 44.2 Å². The van der Waals surface area contributed by atoms with Gasteiger partial charge in [-0.25, -0.2) is 0 Å². The van der Waals surface area contributed by atoms with E-state index in [1.54, 1.807) is 29.1 Å². The molecular formula is C15H16N2O. The maximum absolute atomic E-state index is 11.9. The third kappa shape index (κ3) is 2.40. The fourth-order valence-corrected chi connectivity index (χ4v) is 1.93. The number of rotatable bonds is 4. The monoisotopic (exact) mass is 240 g/mol. The first kappa shape index (κ1) is 12.3. The second-order valence-corrected chi connectivity index (χ2v) is 4.11. The number of nitrogens with zero attached hydrogens (tertiary/aromatic N) is 2. The average molecular weight is 240 g/mol. The van der Waals surface area contributed by atoms with Crippen LogP contribution >= 0.6 is 0 Å². The van der Waals surface area contributed by atoms with Crippen molar-refractivity contribution in [1.82, 2.24) is 9.78 Å². The topological polar surface area (TPSA) is 34.9 Å². The molecule has 0 bridgehead atoms. The Morgan fingerprint density at radius 3 is 2.67 bits per heavy atom. The van der Waals surface area contributed by atoms with E-state index in [0.29, 0.717) is 5.69 Å². The van der Waals surface area contributed by atoms with Gasteiger partial charge in [0.15, 0.2) is 0 Å². The molecule has 0 amide bonds. The number of benzene rings is 1. The third-order valence-corrected chi connectivity index (χ3v) is 2.89. The van der Waals surface area contributed by atoms with E-state index < -0.39 is 0 Å². The van der Waals surface area contributed by atoms with Crippen LogP contribution in [0.4, 0.5) is 0 Å². The molecule has 2 aromatic rings. The Hall–Kier alpha value is -2.16. The zero-order valence-corrected chi connectivity index (χ0v) is 10.6. The van der Waals surface area contributed by atoms with Crippen LogP contribution in [0.15, 0.2) is 54.7 Å². The molecule has 0 aliphatic rings. The minimum absolute atomic E-state index is 0.0159. The lowest BCUT2D eigenvalue weighted by atomic mass is 10.1. The summed E-state index contributed by atoms with van der Waals surface area (Å²) in [7, 11) is 0. The second kappa shape index (κ2) is 5.45. The van der Waals surface area contributed by atoms with Gasteiger partial charge in [-0.15, -0.1) is 0 Å². The molecule has 18 heavy (non-hydrogen) atoms. The van der Waals surface area contributed by atoms with E-state index in [0.717, 1.165) is 5.56 Å². The van der Waals surface area contributed by atoms with Gasteiger partial charge in [0.1, 0.15) is 5.69 Å². The van der Waals surface area contributed by atoms with Crippen molar-refractivity contribution in [2.75, 3.05) is 0 Å². The first-order chi connectivity index (χ1) is 8.74. The molecule has 3 heteroatoms. The first-order valence-corrected chi connectivity index (χ1v) is 5.99. The summed E-state index contributed by atoms with van der Waals surface area (Å²) in [6.45, 7) is 3.87. The molecule has 0 fully saturated rings. The van der Waals surface area contributed by atoms with Crippen molar-refractivity contribution in [3.8, 4) is 0 Å². The molecule has 1 atom stereocenters. The van der Waals surface area contributed by atoms with Crippen LogP contribution in [0.1, 0.15) is 35.9 Å². The summed E-state index contributed by atoms with van der Waals surface area (Å²) in [5, 5.41) is 4.26. The molecule has 1 aromatic heterocycles. The Kier molecular flexibility index (Phi) is 3.72. The number of carbonyl (C=O) groups excluding carboxylic acids is 1. The van der Waals surface area contributed by atoms with E-state index in [-0.39, 0.29) is 11.8 Å². The standard InChI is InChI=1S/C15H16N2O/c1-3-7-15(18)14-10-11-16-17(14)12(2)13-8-5-4-6-9-13/h3-12H,1-2H3/b7-3-/t12-/m1/s1. The van der Waals surface area contributed by atoms with Crippen molar-refractivity contribution in [2.45, 2.75) is 19.9 Å². The highest BCUT2D eigenvalue weighted by Gasteiger charge is 2.15. The summed E-state index contributed by atoms with van der Waals surface area (Å²) < 4.78 is 1.76. The predicted molar refractivity (Wildman–Crippen MR) is 71.6 cm³/mol. The number of hydrogen-bond donors (Lipinski definition) is 0. The Morgan fingerprint density at radius 2 is 2.00 bits per heavy atom. The maximum Gasteiger partial charge on any atom is 0.203 e. The summed E-state index contributed by atoms with van der Waals surface area (Å²) in [6.07, 6.45) is 4.97. The molecule has 0 N–H and O–H groups in total. The molecule has 92 valence electrons. The lowest BCUT2D eigenvalue weighted by Crippen LogP contribution is -2.14. The summed E-state index contributed by atoms with van der Waals surface area (Å²) in [5.74, 6) is -0.0159. The smallest absolute Gasteiger partial charge is 0.203 e. The SMILES string of the molecule is C/C=C\C(=O)c1ccnn1[C@H](C)c1ccccc1. The number of hydrogen-bond acceptors (Lipinski definition) is 2. The lowest BCUT2D eigenvalue weighted by Gasteiger charge is -2.14. The maximum atomic E-state index is 11.9. The van der Waals surface area contributed by atoms with Crippen LogP contribution < -0.4 is 0 Å². The van der Waals surface area contributed by atoms with Crippen LogP contribution in [-0.4, -0.2) is 15.6 Å². The summed E-state index contributed by atoms with van der Waals surface area (Å²) in [6, 6.07) is 11.8. The molecule has 1 aromatic carbocycles. The van der Waals surface area contributed by atoms with Crippen molar-refractivity contribution in [1.29, 1.82) is 0 Å². The quantitative estimate of drug-likeness (QED) is 0.607. The molecule has 3 nitrogen and oxygen atoms in total. The second-order valence-electron chi connectivity index (χ2n) is 4.11. The van der Waals surface area contributed by atoms with Crippen molar-refractivity contribution < 1.29 is 4.79 Å². The number of allylic oxidation sites excluding steroid dienone is 2. The fraction of sp³-hybridized carbons (Fsp3) is 0.200. The highest BCUT2D eigenvalue weighted by molar-refractivity contribution is 6.03. The van der Waals surface area contributed by atoms with Gasteiger partial charge >= 0.3 is 0 Å². The van der Waals surface area contributed by atoms with Gasteiger partial charge in [-0.3, -0.25) is 9.48 Å². The largest absolute Gasteiger partial charge is 0.288 e. The number of ketones is 1. The Bertz CT molecular complexity index is 555. The molecule has 2 rings (SSSR count). The summed E-state index contributed by atoms with van der Waals surface area (Å²) in [5.41, 5.74) is 1.75. The molecule has 0 saturated carbocycles. The van der Waals surface area contributed by atoms with Gasteiger partial charge in [0.25, 0.3) is 0 Å². The highest BCUT2D eigenvalue weighted by atomic mass is 16.1. The molecular weight excluding hydrogens is 224 g/mol. The molecule has 0 radical (unpaired) electrons. The molecule has 1 heterocycles. The van der Waals surface area contributed by atoms with Gasteiger partial charge in [0.05, 0.1) is 6.04 Å². The van der Waals surface area contributed by atoms with Crippen LogP contribution in [0, 0.1) is 0 Å². The number of carbonyl (C=O) groups is 1. The zero-order chi connectivity index (χ0) is 13.0. The highest BCUT2D eigenvalue weighted by Crippen LogP contribution is 2.18. The predicted octanol–water partition coefficient (Wildman–Crippen LogP) is 3.25. The van der Waals surface area contributed by atoms with E-state index in [9.17, 15) is 4.79 Å². The van der Waals surface area contributed by atoms with Gasteiger partial charge in [0, 0.05) is 6.20 Å². The molecule has 0 aliphatic carbocycles. The summed E-state index contributed by atoms with van der Waals surface area (Å²) in [4.78, 5) is 11.9. The molecule has 0 spiro atoms. The zero-order valence-electron chi connectivity index (χ0n) is 10.6. The van der Waals surface area contributed by atoms with Crippen LogP contribution in [0.3, 0.4) is 0 Å². The lowest BCUT2D eigenvalue weighted by molar-refractivity contribution is 0.103. The molecule has 0 unspecified atom stereocenters. The molecule has 0 aliphatic heterocycles. The van der Waals surface area contributed by atoms with Crippen molar-refractivity contribution in [3.63, 3.8) is 0 Å². The Morgan fingerprint density at radius 1 is 1.28 bits per heavy atom. The van der Waals surface area contributed by atoms with Gasteiger partial charge < -0.3 is 0 Å². The fourth-order valence-electron chi connectivity index (χ4n) is 1.93. The summed E-state index contributed by atoms with van der Waals surface area (Å²) >= 11 is 0. The normalized spacial score (nSPS) is 12.8. The van der Waals surface area contributed by atoms with Crippen LogP contribution in [0.2, 0.25) is 0 Å². The van der Waals surface area contributed by atoms with Crippen LogP contribution in [-0.2, 0) is 0 Å². The van der Waals surface area contributed by atoms with Crippen molar-refractivity contribution >= 4 is 5.78 Å². The Labute approximate surface area is 107 Å². The van der Waals surface area contributed by atoms with Gasteiger partial charge in [-0.05, 0) is 31.6 Å². The Balaban J connectivity index is 2.35. The van der Waals surface area contributed by atoms with Gasteiger partial charge in [-0.2, -0.15) is 5.10 Å². The van der Waals surface area contributed by atoms with E-state index in [1.165, 1.54) is 0 Å². The van der Waals surface area contributed by atoms with Gasteiger partial charge in [-0.1, -0.05) is 36.4 Å². The van der Waals surface area contributed by atoms with E-state index >= 15 is 0 Å². The van der Waals surface area contributed by atoms with E-state index in [2.05, 4.69) is 5.10 Å². The average Bonchev–Trinajstić information content (AvgIpc) is 2.88. The number of aromatic nitrogens is 2. The van der Waals surface area contributed by atoms with Crippen molar-refractivity contribution in [3.05, 3.63) is 66.0 Å². The van der Waals surface area contributed by atoms with E-state index in [4.69, 9.17) is 0 Å². The third-order valence-electron chi connectivity index (χ3n) is 2.89. The molecule has 0 saturated heterocycles. The van der Waals surface area contributed by atoms with Crippen LogP contribution in [0.25, 0.3) is 0 Å². The van der Waals surface area contributed by atoms with Crippen LogP contribution in [0.5, 0.6) is 0 Å². The minimum atomic E-state index is -0.0159.